The topological polar surface area (TPSA) is 51.6 Å². The number of hydrogen-bond donors (Lipinski definition) is 1. The van der Waals surface area contributed by atoms with Gasteiger partial charge in [0.2, 0.25) is 0 Å². The van der Waals surface area contributed by atoms with Crippen molar-refractivity contribution in [1.82, 2.24) is 4.98 Å². The van der Waals surface area contributed by atoms with Crippen molar-refractivity contribution in [2.24, 2.45) is 0 Å². The molecule has 1 aromatic heterocycles. The van der Waals surface area contributed by atoms with Gasteiger partial charge in [-0.2, -0.15) is 0 Å². The van der Waals surface area contributed by atoms with Crippen LogP contribution in [-0.4, -0.2) is 17.2 Å². The number of benzene rings is 1. The number of aliphatic hydroxyl groups excluding tert-OH is 1. The van der Waals surface area contributed by atoms with Crippen LogP contribution in [0.3, 0.4) is 0 Å². The van der Waals surface area contributed by atoms with Crippen molar-refractivity contribution in [3.8, 4) is 11.5 Å². The molecule has 1 aliphatic heterocycles. The maximum atomic E-state index is 10.3. The Morgan fingerprint density at radius 2 is 2.32 bits per heavy atom. The van der Waals surface area contributed by atoms with E-state index in [0.717, 1.165) is 22.0 Å². The predicted molar refractivity (Wildman–Crippen MR) is 72.8 cm³/mol. The number of aromatic nitrogens is 1. The number of aryl methyl sites for hydroxylation is 1. The predicted octanol–water partition coefficient (Wildman–Crippen LogP) is 3.02. The number of ether oxygens (including phenoxy) is 2. The minimum Gasteiger partial charge on any atom is -0.497 e. The average Bonchev–Trinajstić information content (AvgIpc) is 2.85. The van der Waals surface area contributed by atoms with Crippen molar-refractivity contribution in [1.29, 1.82) is 0 Å². The smallest absolute Gasteiger partial charge is 0.153 e. The summed E-state index contributed by atoms with van der Waals surface area (Å²) in [5.41, 5.74) is 1.77. The first kappa shape index (κ1) is 12.4. The van der Waals surface area contributed by atoms with Crippen molar-refractivity contribution >= 4 is 11.3 Å². The van der Waals surface area contributed by atoms with E-state index in [2.05, 4.69) is 4.98 Å². The number of nitrogens with zero attached hydrogens (tertiary/aromatic N) is 1. The van der Waals surface area contributed by atoms with Crippen LogP contribution in [0.15, 0.2) is 23.6 Å². The third-order valence-corrected chi connectivity index (χ3v) is 4.25. The van der Waals surface area contributed by atoms with Gasteiger partial charge in [-0.05, 0) is 25.1 Å². The molecule has 100 valence electrons. The van der Waals surface area contributed by atoms with Crippen LogP contribution in [0.4, 0.5) is 0 Å². The SMILES string of the molecule is COc1ccc2c(c1)[C@@H](O)CC(c1nc(C)cs1)O2. The summed E-state index contributed by atoms with van der Waals surface area (Å²) in [5, 5.41) is 13.2. The lowest BCUT2D eigenvalue weighted by atomic mass is 9.99. The summed E-state index contributed by atoms with van der Waals surface area (Å²) in [7, 11) is 1.61. The van der Waals surface area contributed by atoms with Gasteiger partial charge < -0.3 is 14.6 Å². The zero-order valence-electron chi connectivity index (χ0n) is 10.8. The van der Waals surface area contributed by atoms with Crippen molar-refractivity contribution < 1.29 is 14.6 Å². The highest BCUT2D eigenvalue weighted by molar-refractivity contribution is 7.09. The Labute approximate surface area is 115 Å². The third kappa shape index (κ3) is 2.31. The maximum absolute atomic E-state index is 10.3. The largest absolute Gasteiger partial charge is 0.497 e. The van der Waals surface area contributed by atoms with Gasteiger partial charge in [-0.25, -0.2) is 4.98 Å². The molecule has 1 aromatic carbocycles. The molecular formula is C14H15NO3S. The Hall–Kier alpha value is -1.59. The zero-order chi connectivity index (χ0) is 13.4. The van der Waals surface area contributed by atoms with Crippen molar-refractivity contribution in [3.05, 3.63) is 39.8 Å². The molecule has 1 N–H and O–H groups in total. The number of methoxy groups -OCH3 is 1. The first-order valence-electron chi connectivity index (χ1n) is 6.12. The third-order valence-electron chi connectivity index (χ3n) is 3.19. The van der Waals surface area contributed by atoms with Crippen molar-refractivity contribution in [3.63, 3.8) is 0 Å². The first-order valence-corrected chi connectivity index (χ1v) is 7.00. The summed E-state index contributed by atoms with van der Waals surface area (Å²) >= 11 is 1.57. The molecule has 0 fully saturated rings. The molecule has 0 spiro atoms. The summed E-state index contributed by atoms with van der Waals surface area (Å²) in [5.74, 6) is 1.43. The Balaban J connectivity index is 1.92. The van der Waals surface area contributed by atoms with E-state index in [1.165, 1.54) is 0 Å². The number of thiazole rings is 1. The molecule has 0 saturated heterocycles. The monoisotopic (exact) mass is 277 g/mol. The fourth-order valence-corrected chi connectivity index (χ4v) is 3.06. The molecule has 4 nitrogen and oxygen atoms in total. The molecule has 19 heavy (non-hydrogen) atoms. The van der Waals surface area contributed by atoms with E-state index in [1.54, 1.807) is 18.4 Å². The summed E-state index contributed by atoms with van der Waals surface area (Å²) in [6, 6.07) is 5.49. The van der Waals surface area contributed by atoms with E-state index >= 15 is 0 Å². The number of hydrogen-bond acceptors (Lipinski definition) is 5. The number of aliphatic hydroxyl groups is 1. The van der Waals surface area contributed by atoms with Crippen molar-refractivity contribution in [2.45, 2.75) is 25.6 Å². The van der Waals surface area contributed by atoms with E-state index in [1.807, 2.05) is 30.5 Å². The molecule has 0 saturated carbocycles. The normalized spacial score (nSPS) is 21.6. The van der Waals surface area contributed by atoms with Gasteiger partial charge in [0.1, 0.15) is 16.5 Å². The first-order chi connectivity index (χ1) is 9.17. The molecule has 2 atom stereocenters. The lowest BCUT2D eigenvalue weighted by Crippen LogP contribution is -2.19. The van der Waals surface area contributed by atoms with Crippen molar-refractivity contribution in [2.75, 3.05) is 7.11 Å². The molecule has 3 rings (SSSR count). The number of rotatable bonds is 2. The average molecular weight is 277 g/mol. The Kier molecular flexibility index (Phi) is 3.16. The fourth-order valence-electron chi connectivity index (χ4n) is 2.22. The van der Waals surface area contributed by atoms with Gasteiger partial charge in [-0.1, -0.05) is 0 Å². The molecule has 0 radical (unpaired) electrons. The van der Waals surface area contributed by atoms with Crippen LogP contribution in [0.25, 0.3) is 0 Å². The second-order valence-electron chi connectivity index (χ2n) is 4.59. The Morgan fingerprint density at radius 1 is 1.47 bits per heavy atom. The van der Waals surface area contributed by atoms with E-state index < -0.39 is 6.10 Å². The molecular weight excluding hydrogens is 262 g/mol. The zero-order valence-corrected chi connectivity index (χ0v) is 11.6. The molecule has 5 heteroatoms. The van der Waals surface area contributed by atoms with Gasteiger partial charge in [0.25, 0.3) is 0 Å². The quantitative estimate of drug-likeness (QED) is 0.916. The lowest BCUT2D eigenvalue weighted by molar-refractivity contribution is 0.0653. The van der Waals surface area contributed by atoms with Crippen LogP contribution in [0.5, 0.6) is 11.5 Å². The summed E-state index contributed by atoms with van der Waals surface area (Å²) < 4.78 is 11.1. The maximum Gasteiger partial charge on any atom is 0.153 e. The highest BCUT2D eigenvalue weighted by Gasteiger charge is 2.30. The summed E-state index contributed by atoms with van der Waals surface area (Å²) in [6.45, 7) is 1.96. The fraction of sp³-hybridized carbons (Fsp3) is 0.357. The van der Waals surface area contributed by atoms with Gasteiger partial charge in [-0.15, -0.1) is 11.3 Å². The number of fused-ring (bicyclic) bond motifs is 1. The summed E-state index contributed by atoms with van der Waals surface area (Å²) in [6.07, 6.45) is -0.199. The highest BCUT2D eigenvalue weighted by Crippen LogP contribution is 2.42. The summed E-state index contributed by atoms with van der Waals surface area (Å²) in [4.78, 5) is 4.43. The molecule has 2 aromatic rings. The van der Waals surface area contributed by atoms with E-state index in [0.29, 0.717) is 12.2 Å². The second-order valence-corrected chi connectivity index (χ2v) is 5.48. The van der Waals surface area contributed by atoms with Crippen LogP contribution in [0.2, 0.25) is 0 Å². The highest BCUT2D eigenvalue weighted by atomic mass is 32.1. The van der Waals surface area contributed by atoms with Crippen LogP contribution in [0, 0.1) is 6.92 Å². The van der Waals surface area contributed by atoms with Crippen LogP contribution in [-0.2, 0) is 0 Å². The Bertz CT molecular complexity index is 596. The molecule has 0 amide bonds. The van der Waals surface area contributed by atoms with Gasteiger partial charge in [0, 0.05) is 23.1 Å². The lowest BCUT2D eigenvalue weighted by Gasteiger charge is -2.28. The minimum absolute atomic E-state index is 0.172. The standard InChI is InChI=1S/C14H15NO3S/c1-8-7-19-14(15-8)13-6-11(16)10-5-9(17-2)3-4-12(10)18-13/h3-5,7,11,13,16H,6H2,1-2H3/t11-,13?/m0/s1. The minimum atomic E-state index is -0.548. The van der Waals surface area contributed by atoms with Crippen LogP contribution < -0.4 is 9.47 Å². The Morgan fingerprint density at radius 3 is 3.00 bits per heavy atom. The molecule has 0 aliphatic carbocycles. The van der Waals surface area contributed by atoms with Gasteiger partial charge in [0.15, 0.2) is 6.10 Å². The second kappa shape index (κ2) is 4.83. The van der Waals surface area contributed by atoms with E-state index in [4.69, 9.17) is 9.47 Å². The van der Waals surface area contributed by atoms with E-state index in [-0.39, 0.29) is 6.10 Å². The van der Waals surface area contributed by atoms with Gasteiger partial charge in [0.05, 0.1) is 13.2 Å². The molecule has 1 unspecified atom stereocenters. The van der Waals surface area contributed by atoms with Crippen LogP contribution in [0.1, 0.15) is 34.9 Å². The van der Waals surface area contributed by atoms with Gasteiger partial charge in [-0.3, -0.25) is 0 Å². The van der Waals surface area contributed by atoms with E-state index in [9.17, 15) is 5.11 Å². The molecule has 0 bridgehead atoms. The molecule has 1 aliphatic rings. The van der Waals surface area contributed by atoms with Gasteiger partial charge >= 0.3 is 0 Å². The molecule has 2 heterocycles. The van der Waals surface area contributed by atoms with Crippen LogP contribution >= 0.6 is 11.3 Å².